The number of esters is 1. The lowest BCUT2D eigenvalue weighted by molar-refractivity contribution is -0.159. The van der Waals surface area contributed by atoms with Crippen molar-refractivity contribution in [2.45, 2.75) is 33.0 Å². The van der Waals surface area contributed by atoms with Crippen LogP contribution in [0.5, 0.6) is 5.75 Å². The number of benzene rings is 2. The van der Waals surface area contributed by atoms with Gasteiger partial charge in [-0.1, -0.05) is 17.7 Å². The summed E-state index contributed by atoms with van der Waals surface area (Å²) in [7, 11) is 0. The Kier molecular flexibility index (Phi) is 6.58. The molecule has 0 unspecified atom stereocenters. The van der Waals surface area contributed by atoms with Gasteiger partial charge in [0.25, 0.3) is 5.91 Å². The molecule has 0 aromatic heterocycles. The van der Waals surface area contributed by atoms with Crippen molar-refractivity contribution in [3.8, 4) is 5.75 Å². The van der Waals surface area contributed by atoms with Crippen LogP contribution in [0.1, 0.15) is 19.4 Å². The molecule has 26 heavy (non-hydrogen) atoms. The fourth-order valence-electron chi connectivity index (χ4n) is 2.07. The van der Waals surface area contributed by atoms with Crippen LogP contribution in [-0.2, 0) is 14.3 Å². The molecule has 2 aromatic rings. The molecule has 2 atom stereocenters. The van der Waals surface area contributed by atoms with Gasteiger partial charge in [0.05, 0.1) is 0 Å². The van der Waals surface area contributed by atoms with Crippen molar-refractivity contribution in [2.75, 3.05) is 5.32 Å². The van der Waals surface area contributed by atoms with E-state index in [9.17, 15) is 14.0 Å². The van der Waals surface area contributed by atoms with E-state index in [2.05, 4.69) is 5.32 Å². The summed E-state index contributed by atoms with van der Waals surface area (Å²) in [6, 6.07) is 10.4. The Balaban J connectivity index is 1.91. The lowest BCUT2D eigenvalue weighted by atomic mass is 10.2. The highest BCUT2D eigenvalue weighted by Crippen LogP contribution is 2.23. The van der Waals surface area contributed by atoms with E-state index in [0.717, 1.165) is 0 Å². The van der Waals surface area contributed by atoms with Crippen LogP contribution in [0, 0.1) is 12.7 Å². The van der Waals surface area contributed by atoms with Gasteiger partial charge in [-0.15, -0.1) is 0 Å². The summed E-state index contributed by atoms with van der Waals surface area (Å²) in [5, 5.41) is 3.19. The molecular weight excluding hydrogens is 361 g/mol. The largest absolute Gasteiger partial charge is 0.479 e. The maximum Gasteiger partial charge on any atom is 0.347 e. The summed E-state index contributed by atoms with van der Waals surface area (Å²) in [4.78, 5) is 24.3. The smallest absolute Gasteiger partial charge is 0.347 e. The Bertz CT molecular complexity index is 795. The Labute approximate surface area is 156 Å². The zero-order chi connectivity index (χ0) is 19.3. The van der Waals surface area contributed by atoms with E-state index in [-0.39, 0.29) is 0 Å². The summed E-state index contributed by atoms with van der Waals surface area (Å²) >= 11 is 6.01. The van der Waals surface area contributed by atoms with Gasteiger partial charge in [-0.25, -0.2) is 9.18 Å². The number of nitrogens with one attached hydrogen (secondary N) is 1. The molecule has 0 aliphatic carbocycles. The number of amides is 1. The summed E-state index contributed by atoms with van der Waals surface area (Å²) in [5.41, 5.74) is 1.26. The summed E-state index contributed by atoms with van der Waals surface area (Å²) in [6.45, 7) is 4.71. The molecule has 2 aromatic carbocycles. The number of halogens is 2. The van der Waals surface area contributed by atoms with Crippen LogP contribution in [0.2, 0.25) is 5.02 Å². The van der Waals surface area contributed by atoms with Crippen LogP contribution < -0.4 is 10.1 Å². The molecule has 0 aliphatic heterocycles. The second-order valence-electron chi connectivity index (χ2n) is 5.69. The number of hydrogen-bond donors (Lipinski definition) is 1. The van der Waals surface area contributed by atoms with Crippen LogP contribution in [0.4, 0.5) is 10.1 Å². The van der Waals surface area contributed by atoms with Crippen molar-refractivity contribution in [1.82, 2.24) is 0 Å². The molecule has 7 heteroatoms. The summed E-state index contributed by atoms with van der Waals surface area (Å²) < 4.78 is 23.4. The maximum atomic E-state index is 12.9. The molecule has 0 radical (unpaired) electrons. The van der Waals surface area contributed by atoms with E-state index in [1.165, 1.54) is 38.1 Å². The lowest BCUT2D eigenvalue weighted by Crippen LogP contribution is -2.35. The molecular formula is C19H19ClFNO4. The van der Waals surface area contributed by atoms with Gasteiger partial charge in [0.15, 0.2) is 12.2 Å². The van der Waals surface area contributed by atoms with E-state index in [4.69, 9.17) is 21.1 Å². The number of anilines is 1. The Morgan fingerprint density at radius 3 is 2.38 bits per heavy atom. The second kappa shape index (κ2) is 8.67. The van der Waals surface area contributed by atoms with Crippen molar-refractivity contribution >= 4 is 29.2 Å². The van der Waals surface area contributed by atoms with Gasteiger partial charge >= 0.3 is 5.97 Å². The number of carbonyl (C=O) groups excluding carboxylic acids is 2. The van der Waals surface area contributed by atoms with Crippen LogP contribution in [0.3, 0.4) is 0 Å². The molecule has 2 rings (SSSR count). The molecule has 0 heterocycles. The predicted molar refractivity (Wildman–Crippen MR) is 96.9 cm³/mol. The average molecular weight is 380 g/mol. The zero-order valence-corrected chi connectivity index (χ0v) is 15.3. The summed E-state index contributed by atoms with van der Waals surface area (Å²) in [6.07, 6.45) is -1.98. The molecule has 0 aliphatic rings. The summed E-state index contributed by atoms with van der Waals surface area (Å²) in [5.74, 6) is -1.28. The number of rotatable bonds is 6. The minimum absolute atomic E-state index is 0.322. The number of ether oxygens (including phenoxy) is 2. The highest BCUT2D eigenvalue weighted by Gasteiger charge is 2.23. The van der Waals surface area contributed by atoms with E-state index < -0.39 is 29.9 Å². The zero-order valence-electron chi connectivity index (χ0n) is 14.6. The minimum atomic E-state index is -1.03. The molecule has 0 spiro atoms. The Hall–Kier alpha value is -2.60. The van der Waals surface area contributed by atoms with Gasteiger partial charge in [-0.3, -0.25) is 4.79 Å². The van der Waals surface area contributed by atoms with Crippen LogP contribution in [0.25, 0.3) is 0 Å². The first-order valence-corrected chi connectivity index (χ1v) is 8.34. The first-order chi connectivity index (χ1) is 12.3. The monoisotopic (exact) mass is 379 g/mol. The standard InChI is InChI=1S/C19H19ClFNO4/c1-11-16(20)5-4-6-17(11)22-18(23)12(2)26-19(24)13(3)25-15-9-7-14(21)8-10-15/h4-10,12-13H,1-3H3,(H,22,23)/t12-,13+/m1/s1. The van der Waals surface area contributed by atoms with Gasteiger partial charge < -0.3 is 14.8 Å². The molecule has 5 nitrogen and oxygen atoms in total. The Morgan fingerprint density at radius 2 is 1.73 bits per heavy atom. The predicted octanol–water partition coefficient (Wildman–Crippen LogP) is 4.13. The molecule has 1 N–H and O–H groups in total. The van der Waals surface area contributed by atoms with Crippen molar-refractivity contribution in [2.24, 2.45) is 0 Å². The third kappa shape index (κ3) is 5.20. The van der Waals surface area contributed by atoms with Crippen molar-refractivity contribution in [1.29, 1.82) is 0 Å². The maximum absolute atomic E-state index is 12.9. The molecule has 0 saturated heterocycles. The van der Waals surface area contributed by atoms with Crippen molar-refractivity contribution in [3.05, 3.63) is 58.9 Å². The van der Waals surface area contributed by atoms with Gasteiger partial charge in [0.1, 0.15) is 11.6 Å². The van der Waals surface area contributed by atoms with E-state index >= 15 is 0 Å². The number of hydrogen-bond acceptors (Lipinski definition) is 4. The van der Waals surface area contributed by atoms with Gasteiger partial charge in [0.2, 0.25) is 0 Å². The Morgan fingerprint density at radius 1 is 1.08 bits per heavy atom. The number of carbonyl (C=O) groups is 2. The van der Waals surface area contributed by atoms with Gasteiger partial charge in [-0.05, 0) is 62.7 Å². The molecule has 138 valence electrons. The van der Waals surface area contributed by atoms with Crippen LogP contribution >= 0.6 is 11.6 Å². The molecule has 0 bridgehead atoms. The average Bonchev–Trinajstić information content (AvgIpc) is 2.60. The third-order valence-corrected chi connectivity index (χ3v) is 4.06. The third-order valence-electron chi connectivity index (χ3n) is 3.65. The van der Waals surface area contributed by atoms with Gasteiger partial charge in [0, 0.05) is 10.7 Å². The normalized spacial score (nSPS) is 12.8. The minimum Gasteiger partial charge on any atom is -0.479 e. The SMILES string of the molecule is Cc1c(Cl)cccc1NC(=O)[C@@H](C)OC(=O)[C@H](C)Oc1ccc(F)cc1. The van der Waals surface area contributed by atoms with Crippen LogP contribution in [0.15, 0.2) is 42.5 Å². The fourth-order valence-corrected chi connectivity index (χ4v) is 2.24. The highest BCUT2D eigenvalue weighted by atomic mass is 35.5. The van der Waals surface area contributed by atoms with E-state index in [1.54, 1.807) is 25.1 Å². The molecule has 0 fully saturated rings. The molecule has 1 amide bonds. The van der Waals surface area contributed by atoms with E-state index in [1.807, 2.05) is 0 Å². The quantitative estimate of drug-likeness (QED) is 0.766. The first-order valence-electron chi connectivity index (χ1n) is 7.96. The van der Waals surface area contributed by atoms with E-state index in [0.29, 0.717) is 22.0 Å². The first kappa shape index (κ1) is 19.7. The fraction of sp³-hybridized carbons (Fsp3) is 0.263. The van der Waals surface area contributed by atoms with Crippen molar-refractivity contribution < 1.29 is 23.5 Å². The topological polar surface area (TPSA) is 64.6 Å². The second-order valence-corrected chi connectivity index (χ2v) is 6.10. The van der Waals surface area contributed by atoms with Crippen LogP contribution in [-0.4, -0.2) is 24.1 Å². The molecule has 0 saturated carbocycles. The van der Waals surface area contributed by atoms with Gasteiger partial charge in [-0.2, -0.15) is 0 Å². The van der Waals surface area contributed by atoms with Crippen molar-refractivity contribution in [3.63, 3.8) is 0 Å². The highest BCUT2D eigenvalue weighted by molar-refractivity contribution is 6.31. The lowest BCUT2D eigenvalue weighted by Gasteiger charge is -2.18.